The van der Waals surface area contributed by atoms with Gasteiger partial charge in [0, 0.05) is 0 Å². The van der Waals surface area contributed by atoms with Crippen LogP contribution in [0.2, 0.25) is 0 Å². The molecule has 0 aromatic carbocycles. The maximum atomic E-state index is 0. The molecule has 0 nitrogen and oxygen atoms in total. The van der Waals surface area contributed by atoms with Crippen molar-refractivity contribution in [2.75, 3.05) is 0 Å². The van der Waals surface area contributed by atoms with Gasteiger partial charge in [0.25, 0.3) is 0 Å². The van der Waals surface area contributed by atoms with Gasteiger partial charge >= 0.3 is 0 Å². The van der Waals surface area contributed by atoms with E-state index in [1.54, 1.807) is 0 Å². The number of hydrogen-bond donors (Lipinski definition) is 0. The molecule has 0 aliphatic carbocycles. The van der Waals surface area contributed by atoms with Gasteiger partial charge < -0.3 is 0 Å². The Labute approximate surface area is 0 Å². The summed E-state index contributed by atoms with van der Waals surface area (Å²) < 4.78 is 0. The predicted molar refractivity (Wildman–Crippen MR) is 0 cm³/mol. The normalized spacial score (nSPS) is 0. The van der Waals surface area contributed by atoms with Crippen LogP contribution in [-0.4, -0.2) is 0 Å². The summed E-state index contributed by atoms with van der Waals surface area (Å²) in [5.41, 5.74) is 0. The van der Waals surface area contributed by atoms with Crippen molar-refractivity contribution in [2.24, 2.45) is 0 Å². The molecule has 0 rings (SSSR count). The van der Waals surface area contributed by atoms with Gasteiger partial charge in [-0.1, -0.05) is 0 Å². The van der Waals surface area contributed by atoms with E-state index in [1.165, 1.54) is 0 Å². The summed E-state index contributed by atoms with van der Waals surface area (Å²) in [6.45, 7) is 0. The van der Waals surface area contributed by atoms with Crippen LogP contribution in [0.5, 0.6) is 0 Å². The van der Waals surface area contributed by atoms with Gasteiger partial charge in [-0.05, 0) is 0 Å². The van der Waals surface area contributed by atoms with Crippen LogP contribution in [0.1, 0.15) is 0 Å². The first-order chi connectivity index (χ1) is 0. The van der Waals surface area contributed by atoms with E-state index in [1.807, 2.05) is 0 Å². The Morgan fingerprint density at radius 1 is 0.143 bits per heavy atom. The van der Waals surface area contributed by atoms with Crippen LogP contribution in [0.4, 0.5) is 0 Å². The van der Waals surface area contributed by atoms with Crippen LogP contribution in [0, 0.1) is 0 Å². The van der Waals surface area contributed by atoms with E-state index >= 15 is 0 Å². The molecule has 0 N–H and O–H groups in total. The topological polar surface area (TPSA) is 0 Å². The first kappa shape index (κ1) is 0. The van der Waals surface area contributed by atoms with E-state index < -0.39 is 0 Å². The monoisotopic (exact) mass is 1810 g/mol. The summed E-state index contributed by atoms with van der Waals surface area (Å²) in [5.74, 6) is 0. The third kappa shape index (κ3) is -0.184. The fraction of sp³-hybridized carbons (Fsp3) is 0. The van der Waals surface area contributed by atoms with Crippen molar-refractivity contribution in [3.63, 3.8) is 0 Å². The minimum atomic E-state index is 0. The number of hydrogen-bond acceptors (Lipinski definition) is 0. The Morgan fingerprint density at radius 2 is 0.143 bits per heavy atom. The molecule has 7 heavy (non-hydrogen) atoms. The Hall–Kier alpha value is -7.00. The molecule has 0 aliphatic rings. The standard InChI is InChI=1S/7No. The van der Waals surface area contributed by atoms with Crippen LogP contribution in [-0.2, 0) is 0 Å². The minimum absolute atomic E-state index is 0. The minimum Gasteiger partial charge on any atom is 0 e. The molecule has 0 aromatic rings. The first-order valence-corrected chi connectivity index (χ1v) is 0. The fourth-order valence-electron chi connectivity index (χ4n) is 0. The number of rotatable bonds is 0. The predicted octanol–water partition coefficient (Wildman–Crippen LogP) is 0. The zero-order valence-corrected chi connectivity index (χ0v) is 17.4. The molecule has 0 amide bonds. The fourth-order valence-corrected chi connectivity index (χ4v) is 0. The molecule has 0 spiro atoms. The van der Waals surface area contributed by atoms with Crippen LogP contribution in [0.3, 0.4) is 0 Å². The van der Waals surface area contributed by atoms with Crippen LogP contribution in [0.25, 0.3) is 0 Å². The van der Waals surface area contributed by atoms with Gasteiger partial charge in [0.15, 0.2) is 0 Å². The van der Waals surface area contributed by atoms with Gasteiger partial charge in [0.05, 0.1) is 0 Å². The van der Waals surface area contributed by atoms with Crippen molar-refractivity contribution in [1.82, 2.24) is 0 Å². The quantitative estimate of drug-likeness (QED) is 0.321. The molecule has 0 fully saturated rings. The summed E-state index contributed by atoms with van der Waals surface area (Å²) in [7, 11) is 0. The van der Waals surface area contributed by atoms with Gasteiger partial charge in [-0.3, -0.25) is 0 Å². The van der Waals surface area contributed by atoms with Crippen molar-refractivity contribution in [2.45, 2.75) is 0 Å². The Bertz CT molecular complexity index is 0. The second-order valence-electron chi connectivity index (χ2n) is 0. The zero-order chi connectivity index (χ0) is 0. The molecule has 0 heterocycles. The SMILES string of the molecule is [No].[No].[No].[No].[No].[No].[No]. The van der Waals surface area contributed by atoms with E-state index in [4.69, 9.17) is 0 Å². The maximum Gasteiger partial charge on any atom is 0 e. The maximum absolute atomic E-state index is 0. The van der Waals surface area contributed by atoms with Crippen LogP contribution in [0.15, 0.2) is 0 Å². The van der Waals surface area contributed by atoms with E-state index in [2.05, 4.69) is 0 Å². The summed E-state index contributed by atoms with van der Waals surface area (Å²) in [6, 6.07) is 0. The van der Waals surface area contributed by atoms with Gasteiger partial charge in [-0.25, -0.2) is 0 Å². The van der Waals surface area contributed by atoms with Crippen LogP contribution < -0.4 is 0 Å². The molecule has 0 aliphatic heterocycles. The van der Waals surface area contributed by atoms with Crippen molar-refractivity contribution in [1.29, 1.82) is 0 Å². The van der Waals surface area contributed by atoms with Gasteiger partial charge in [-0.15, -0.1) is 0 Å². The molecular weight excluding hydrogens is 1810 g/mol. The molecule has 98 valence electrons. The molecular formula is No7. The zero-order valence-electron chi connectivity index (χ0n) is 1.87. The largest absolute Gasteiger partial charge is 0 e. The Kier molecular flexibility index (Phi) is 0. The van der Waals surface area contributed by atoms with Crippen molar-refractivity contribution in [3.05, 3.63) is 0 Å². The summed E-state index contributed by atoms with van der Waals surface area (Å²) >= 11 is 0. The molecule has 0 saturated carbocycles. The molecule has 0 saturated heterocycles. The second-order valence-corrected chi connectivity index (χ2v) is 0. The van der Waals surface area contributed by atoms with Gasteiger partial charge in [0.2, 0.25) is 0 Å². The average molecular weight is 1810 g/mol. The molecule has 0 atom stereocenters. The van der Waals surface area contributed by atoms with E-state index in [-0.39, 0.29) is 0 Å². The summed E-state index contributed by atoms with van der Waals surface area (Å²) in [5, 5.41) is 0. The summed E-state index contributed by atoms with van der Waals surface area (Å²) in [4.78, 5) is 0. The third-order valence-corrected chi connectivity index (χ3v) is 0. The van der Waals surface area contributed by atoms with E-state index in [0.717, 1.165) is 0 Å². The smallest absolute Gasteiger partial charge is 0 e. The van der Waals surface area contributed by atoms with Gasteiger partial charge in [0.1, 0.15) is 0 Å². The van der Waals surface area contributed by atoms with Gasteiger partial charge in [-0.2, -0.15) is 0 Å². The Balaban J connectivity index is 0. The van der Waals surface area contributed by atoms with Crippen molar-refractivity contribution < 1.29 is 0 Å². The van der Waals surface area contributed by atoms with Crippen molar-refractivity contribution >= 4 is 0 Å². The molecule has 7 heteroatoms. The van der Waals surface area contributed by atoms with Crippen molar-refractivity contribution in [3.8, 4) is 0 Å². The summed E-state index contributed by atoms with van der Waals surface area (Å²) in [6.07, 6.45) is 0. The van der Waals surface area contributed by atoms with E-state index in [0.29, 0.717) is 0 Å². The Morgan fingerprint density at radius 3 is 0.143 bits per heavy atom. The van der Waals surface area contributed by atoms with Crippen LogP contribution >= 0.6 is 0 Å². The second kappa shape index (κ2) is -0.0816. The molecule has 0 bridgehead atoms. The molecule has 0 aromatic heterocycles. The van der Waals surface area contributed by atoms with E-state index in [9.17, 15) is 0 Å². The first-order valence-electron chi connectivity index (χ1n) is 0. The third-order valence-electron chi connectivity index (χ3n) is 0. The average Bonchev–Trinajstić information content (AvgIpc) is 0. The molecule has 0 radical (unpaired) electrons. The molecule has 0 unspecified atom stereocenters.